The summed E-state index contributed by atoms with van der Waals surface area (Å²) in [4.78, 5) is 9.07. The molecule has 0 radical (unpaired) electrons. The third kappa shape index (κ3) is 4.08. The lowest BCUT2D eigenvalue weighted by molar-refractivity contribution is -0.0163. The van der Waals surface area contributed by atoms with Crippen molar-refractivity contribution in [1.29, 1.82) is 0 Å². The number of likely N-dealkylation sites (tertiary alicyclic amines) is 1. The first kappa shape index (κ1) is 14.6. The summed E-state index contributed by atoms with van der Waals surface area (Å²) >= 11 is 0. The maximum absolute atomic E-state index is 5.77. The Morgan fingerprint density at radius 3 is 2.79 bits per heavy atom. The molecule has 1 N–H and O–H groups in total. The van der Waals surface area contributed by atoms with Crippen molar-refractivity contribution < 1.29 is 4.74 Å². The Hall–Kier alpha value is -0.810. The van der Waals surface area contributed by atoms with Gasteiger partial charge in [0.2, 0.25) is 0 Å². The highest BCUT2D eigenvalue weighted by Gasteiger charge is 2.31. The van der Waals surface area contributed by atoms with E-state index >= 15 is 0 Å². The first-order valence-corrected chi connectivity index (χ1v) is 7.26. The molecule has 2 aliphatic heterocycles. The number of aliphatic imine (C=N–C) groups is 1. The minimum absolute atomic E-state index is 0.270. The van der Waals surface area contributed by atoms with Gasteiger partial charge in [0.25, 0.3) is 0 Å². The lowest BCUT2D eigenvalue weighted by atomic mass is 9.93. The van der Waals surface area contributed by atoms with E-state index in [2.05, 4.69) is 41.0 Å². The van der Waals surface area contributed by atoms with Gasteiger partial charge in [-0.25, -0.2) is 0 Å². The maximum atomic E-state index is 5.77. The SMILES string of the molecule is CN=C(NCC1CN(C)CCO1)N1CCC(C)(C)C1. The van der Waals surface area contributed by atoms with Gasteiger partial charge in [-0.1, -0.05) is 13.8 Å². The van der Waals surface area contributed by atoms with E-state index < -0.39 is 0 Å². The molecule has 0 aliphatic carbocycles. The molecule has 0 amide bonds. The molecular weight excluding hydrogens is 240 g/mol. The Labute approximate surface area is 117 Å². The Bertz CT molecular complexity index is 329. The van der Waals surface area contributed by atoms with Crippen LogP contribution in [-0.4, -0.2) is 75.3 Å². The van der Waals surface area contributed by atoms with E-state index in [4.69, 9.17) is 4.74 Å². The summed E-state index contributed by atoms with van der Waals surface area (Å²) in [5, 5.41) is 3.46. The standard InChI is InChI=1S/C14H28N4O/c1-14(2)5-6-18(11-14)13(15-3)16-9-12-10-17(4)7-8-19-12/h12H,5-11H2,1-4H3,(H,15,16). The van der Waals surface area contributed by atoms with Crippen LogP contribution in [0.3, 0.4) is 0 Å². The van der Waals surface area contributed by atoms with Crippen molar-refractivity contribution in [2.45, 2.75) is 26.4 Å². The van der Waals surface area contributed by atoms with Gasteiger partial charge in [-0.05, 0) is 18.9 Å². The van der Waals surface area contributed by atoms with Gasteiger partial charge >= 0.3 is 0 Å². The second-order valence-electron chi connectivity index (χ2n) is 6.52. The molecule has 0 aromatic rings. The van der Waals surface area contributed by atoms with E-state index in [1.54, 1.807) is 0 Å². The summed E-state index contributed by atoms with van der Waals surface area (Å²) in [7, 11) is 4.01. The largest absolute Gasteiger partial charge is 0.374 e. The van der Waals surface area contributed by atoms with Crippen LogP contribution in [0.15, 0.2) is 4.99 Å². The van der Waals surface area contributed by atoms with Crippen LogP contribution in [-0.2, 0) is 4.74 Å². The molecule has 110 valence electrons. The van der Waals surface area contributed by atoms with Crippen molar-refractivity contribution in [3.05, 3.63) is 0 Å². The number of likely N-dealkylation sites (N-methyl/N-ethyl adjacent to an activating group) is 1. The zero-order valence-electron chi connectivity index (χ0n) is 12.8. The van der Waals surface area contributed by atoms with Gasteiger partial charge in [-0.15, -0.1) is 0 Å². The molecular formula is C14H28N4O. The van der Waals surface area contributed by atoms with Crippen molar-refractivity contribution >= 4 is 5.96 Å². The fourth-order valence-corrected chi connectivity index (χ4v) is 2.82. The highest BCUT2D eigenvalue weighted by molar-refractivity contribution is 5.80. The predicted octanol–water partition coefficient (Wildman–Crippen LogP) is 0.624. The molecule has 1 unspecified atom stereocenters. The topological polar surface area (TPSA) is 40.1 Å². The van der Waals surface area contributed by atoms with Crippen molar-refractivity contribution in [2.75, 3.05) is 53.4 Å². The summed E-state index contributed by atoms with van der Waals surface area (Å²) in [6, 6.07) is 0. The van der Waals surface area contributed by atoms with E-state index in [1.165, 1.54) is 6.42 Å². The molecule has 2 aliphatic rings. The van der Waals surface area contributed by atoms with Gasteiger partial charge < -0.3 is 19.9 Å². The normalized spacial score (nSPS) is 28.7. The molecule has 2 saturated heterocycles. The summed E-state index contributed by atoms with van der Waals surface area (Å²) in [6.45, 7) is 10.5. The zero-order valence-corrected chi connectivity index (χ0v) is 12.8. The van der Waals surface area contributed by atoms with Gasteiger partial charge in [0.1, 0.15) is 0 Å². The third-order valence-corrected chi connectivity index (χ3v) is 4.02. The number of guanidine groups is 1. The molecule has 0 aromatic heterocycles. The molecule has 0 spiro atoms. The number of ether oxygens (including phenoxy) is 1. The van der Waals surface area contributed by atoms with Crippen molar-refractivity contribution in [1.82, 2.24) is 15.1 Å². The first-order valence-electron chi connectivity index (χ1n) is 7.26. The van der Waals surface area contributed by atoms with Crippen LogP contribution >= 0.6 is 0 Å². The fraction of sp³-hybridized carbons (Fsp3) is 0.929. The lowest BCUT2D eigenvalue weighted by Crippen LogP contribution is -2.49. The Morgan fingerprint density at radius 1 is 1.42 bits per heavy atom. The second kappa shape index (κ2) is 6.09. The Kier molecular flexibility index (Phi) is 4.68. The number of morpholine rings is 1. The monoisotopic (exact) mass is 268 g/mol. The molecule has 1 atom stereocenters. The minimum atomic E-state index is 0.270. The van der Waals surface area contributed by atoms with E-state index in [1.807, 2.05) is 7.05 Å². The van der Waals surface area contributed by atoms with Crippen molar-refractivity contribution in [3.63, 3.8) is 0 Å². The maximum Gasteiger partial charge on any atom is 0.193 e. The fourth-order valence-electron chi connectivity index (χ4n) is 2.82. The van der Waals surface area contributed by atoms with E-state index in [9.17, 15) is 0 Å². The summed E-state index contributed by atoms with van der Waals surface area (Å²) < 4.78 is 5.77. The van der Waals surface area contributed by atoms with Gasteiger partial charge in [0, 0.05) is 39.8 Å². The first-order chi connectivity index (χ1) is 9.00. The van der Waals surface area contributed by atoms with Crippen LogP contribution in [0.1, 0.15) is 20.3 Å². The van der Waals surface area contributed by atoms with Crippen LogP contribution in [0.2, 0.25) is 0 Å². The van der Waals surface area contributed by atoms with E-state index in [0.29, 0.717) is 5.41 Å². The number of nitrogens with one attached hydrogen (secondary N) is 1. The summed E-state index contributed by atoms with van der Waals surface area (Å²) in [5.41, 5.74) is 0.402. The molecule has 2 heterocycles. The van der Waals surface area contributed by atoms with Gasteiger partial charge in [-0.2, -0.15) is 0 Å². The third-order valence-electron chi connectivity index (χ3n) is 4.02. The van der Waals surface area contributed by atoms with Crippen molar-refractivity contribution in [3.8, 4) is 0 Å². The lowest BCUT2D eigenvalue weighted by Gasteiger charge is -2.31. The highest BCUT2D eigenvalue weighted by atomic mass is 16.5. The molecule has 0 bridgehead atoms. The average Bonchev–Trinajstić information content (AvgIpc) is 2.71. The van der Waals surface area contributed by atoms with Crippen LogP contribution in [0.5, 0.6) is 0 Å². The molecule has 2 rings (SSSR count). The number of hydrogen-bond donors (Lipinski definition) is 1. The molecule has 0 saturated carbocycles. The van der Waals surface area contributed by atoms with Crippen molar-refractivity contribution in [2.24, 2.45) is 10.4 Å². The van der Waals surface area contributed by atoms with Gasteiger partial charge in [0.15, 0.2) is 5.96 Å². The molecule has 19 heavy (non-hydrogen) atoms. The number of hydrogen-bond acceptors (Lipinski definition) is 3. The highest BCUT2D eigenvalue weighted by Crippen LogP contribution is 2.28. The Balaban J connectivity index is 1.80. The predicted molar refractivity (Wildman–Crippen MR) is 78.6 cm³/mol. The molecule has 5 heteroatoms. The summed E-state index contributed by atoms with van der Waals surface area (Å²) in [6.07, 6.45) is 1.50. The van der Waals surface area contributed by atoms with Crippen LogP contribution in [0, 0.1) is 5.41 Å². The van der Waals surface area contributed by atoms with E-state index in [-0.39, 0.29) is 6.10 Å². The number of nitrogens with zero attached hydrogens (tertiary/aromatic N) is 3. The smallest absolute Gasteiger partial charge is 0.193 e. The molecule has 2 fully saturated rings. The molecule has 5 nitrogen and oxygen atoms in total. The van der Waals surface area contributed by atoms with Crippen LogP contribution in [0.25, 0.3) is 0 Å². The quantitative estimate of drug-likeness (QED) is 0.589. The van der Waals surface area contributed by atoms with Crippen LogP contribution < -0.4 is 5.32 Å². The minimum Gasteiger partial charge on any atom is -0.374 e. The molecule has 0 aromatic carbocycles. The van der Waals surface area contributed by atoms with Gasteiger partial charge in [0.05, 0.1) is 12.7 Å². The van der Waals surface area contributed by atoms with E-state index in [0.717, 1.165) is 45.3 Å². The van der Waals surface area contributed by atoms with Gasteiger partial charge in [-0.3, -0.25) is 4.99 Å². The van der Waals surface area contributed by atoms with Crippen LogP contribution in [0.4, 0.5) is 0 Å². The zero-order chi connectivity index (χ0) is 13.9. The second-order valence-corrected chi connectivity index (χ2v) is 6.52. The number of rotatable bonds is 2. The average molecular weight is 268 g/mol. The Morgan fingerprint density at radius 2 is 2.21 bits per heavy atom. The summed E-state index contributed by atoms with van der Waals surface area (Å²) in [5.74, 6) is 1.02.